The van der Waals surface area contributed by atoms with Crippen molar-refractivity contribution in [3.8, 4) is 5.75 Å². The van der Waals surface area contributed by atoms with E-state index in [0.717, 1.165) is 16.7 Å². The van der Waals surface area contributed by atoms with Crippen LogP contribution >= 0.6 is 11.6 Å². The number of primary sulfonamides is 1. The van der Waals surface area contributed by atoms with Crippen molar-refractivity contribution in [2.75, 3.05) is 5.01 Å². The van der Waals surface area contributed by atoms with Crippen molar-refractivity contribution >= 4 is 33.0 Å². The summed E-state index contributed by atoms with van der Waals surface area (Å²) in [6.07, 6.45) is 0.550. The topological polar surface area (TPSA) is 96.0 Å². The average molecular weight is 456 g/mol. The highest BCUT2D eigenvalue weighted by molar-refractivity contribution is 7.89. The summed E-state index contributed by atoms with van der Waals surface area (Å²) >= 11 is 6.45. The zero-order valence-corrected chi connectivity index (χ0v) is 18.7. The Hall–Kier alpha value is -2.87. The van der Waals surface area contributed by atoms with E-state index in [1.165, 1.54) is 12.1 Å². The lowest BCUT2D eigenvalue weighted by molar-refractivity contribution is 0.473. The van der Waals surface area contributed by atoms with Gasteiger partial charge in [-0.05, 0) is 60.9 Å². The van der Waals surface area contributed by atoms with E-state index in [4.69, 9.17) is 21.8 Å². The van der Waals surface area contributed by atoms with Gasteiger partial charge in [0.1, 0.15) is 5.75 Å². The minimum Gasteiger partial charge on any atom is -0.507 e. The average Bonchev–Trinajstić information content (AvgIpc) is 3.17. The highest BCUT2D eigenvalue weighted by atomic mass is 35.5. The Kier molecular flexibility index (Phi) is 5.51. The van der Waals surface area contributed by atoms with Crippen LogP contribution in [0.4, 0.5) is 5.69 Å². The van der Waals surface area contributed by atoms with E-state index in [1.807, 2.05) is 49.2 Å². The number of hydrogen-bond donors (Lipinski definition) is 2. The van der Waals surface area contributed by atoms with E-state index in [9.17, 15) is 13.5 Å². The van der Waals surface area contributed by atoms with Gasteiger partial charge >= 0.3 is 0 Å². The first-order chi connectivity index (χ1) is 14.7. The zero-order valence-electron chi connectivity index (χ0n) is 17.1. The molecule has 1 unspecified atom stereocenters. The number of nitrogens with two attached hydrogens (primary N) is 1. The van der Waals surface area contributed by atoms with Gasteiger partial charge in [-0.1, -0.05) is 41.9 Å². The number of aryl methyl sites for hydroxylation is 1. The molecule has 1 aliphatic rings. The highest BCUT2D eigenvalue weighted by Gasteiger charge is 2.32. The van der Waals surface area contributed by atoms with E-state index in [0.29, 0.717) is 28.4 Å². The normalized spacial score (nSPS) is 16.5. The van der Waals surface area contributed by atoms with Crippen molar-refractivity contribution in [1.82, 2.24) is 0 Å². The third-order valence-corrected chi connectivity index (χ3v) is 6.98. The molecule has 0 fully saturated rings. The Bertz CT molecular complexity index is 1270. The molecule has 0 saturated carbocycles. The van der Waals surface area contributed by atoms with Gasteiger partial charge in [0.2, 0.25) is 10.0 Å². The van der Waals surface area contributed by atoms with Crippen LogP contribution in [0.15, 0.2) is 70.7 Å². The number of rotatable bonds is 4. The molecule has 0 bridgehead atoms. The summed E-state index contributed by atoms with van der Waals surface area (Å²) in [7, 11) is -3.78. The van der Waals surface area contributed by atoms with Gasteiger partial charge in [-0.3, -0.25) is 5.01 Å². The van der Waals surface area contributed by atoms with Crippen LogP contribution in [-0.4, -0.2) is 19.2 Å². The van der Waals surface area contributed by atoms with Gasteiger partial charge in [0.05, 0.1) is 22.3 Å². The minimum atomic E-state index is -3.78. The molecule has 1 atom stereocenters. The molecule has 3 aromatic carbocycles. The number of phenolic OH excluding ortho intramolecular Hbond substituents is 1. The molecule has 4 rings (SSSR count). The first kappa shape index (κ1) is 21.4. The molecule has 31 heavy (non-hydrogen) atoms. The second kappa shape index (κ2) is 8.00. The van der Waals surface area contributed by atoms with Crippen molar-refractivity contribution in [3.63, 3.8) is 0 Å². The Labute approximate surface area is 186 Å². The summed E-state index contributed by atoms with van der Waals surface area (Å²) in [5.74, 6) is 0.136. The maximum absolute atomic E-state index is 11.6. The molecule has 0 amide bonds. The summed E-state index contributed by atoms with van der Waals surface area (Å²) in [5.41, 5.74) is 4.67. The number of aromatic hydroxyl groups is 1. The molecule has 6 nitrogen and oxygen atoms in total. The lowest BCUT2D eigenvalue weighted by Crippen LogP contribution is -2.19. The van der Waals surface area contributed by atoms with Crippen molar-refractivity contribution < 1.29 is 13.5 Å². The van der Waals surface area contributed by atoms with Crippen LogP contribution in [0.25, 0.3) is 0 Å². The number of sulfonamides is 1. The van der Waals surface area contributed by atoms with Gasteiger partial charge in [0.15, 0.2) is 0 Å². The molecule has 1 heterocycles. The summed E-state index contributed by atoms with van der Waals surface area (Å²) < 4.78 is 23.2. The van der Waals surface area contributed by atoms with Gasteiger partial charge in [-0.25, -0.2) is 13.6 Å². The van der Waals surface area contributed by atoms with Gasteiger partial charge in [0, 0.05) is 17.0 Å². The molecule has 0 aromatic heterocycles. The molecule has 160 valence electrons. The fraction of sp³-hybridized carbons (Fsp3) is 0.174. The van der Waals surface area contributed by atoms with Crippen LogP contribution in [0.2, 0.25) is 5.02 Å². The van der Waals surface area contributed by atoms with Crippen molar-refractivity contribution in [3.05, 3.63) is 87.9 Å². The second-order valence-corrected chi connectivity index (χ2v) is 9.53. The van der Waals surface area contributed by atoms with E-state index < -0.39 is 10.0 Å². The first-order valence-electron chi connectivity index (χ1n) is 9.70. The quantitative estimate of drug-likeness (QED) is 0.597. The monoisotopic (exact) mass is 455 g/mol. The van der Waals surface area contributed by atoms with Gasteiger partial charge in [-0.2, -0.15) is 5.10 Å². The van der Waals surface area contributed by atoms with E-state index in [1.54, 1.807) is 18.2 Å². The van der Waals surface area contributed by atoms with Gasteiger partial charge < -0.3 is 5.11 Å². The molecular weight excluding hydrogens is 434 g/mol. The molecule has 1 aliphatic heterocycles. The van der Waals surface area contributed by atoms with Crippen molar-refractivity contribution in [1.29, 1.82) is 0 Å². The predicted octanol–water partition coefficient (Wildman–Crippen LogP) is 4.67. The number of anilines is 1. The number of nitrogens with zero attached hydrogens (tertiary/aromatic N) is 2. The molecule has 0 saturated heterocycles. The van der Waals surface area contributed by atoms with Crippen LogP contribution in [0.5, 0.6) is 5.75 Å². The fourth-order valence-electron chi connectivity index (χ4n) is 3.93. The van der Waals surface area contributed by atoms with Gasteiger partial charge in [0.25, 0.3) is 0 Å². The molecule has 3 N–H and O–H groups in total. The number of phenols is 1. The van der Waals surface area contributed by atoms with E-state index in [2.05, 4.69) is 0 Å². The van der Waals surface area contributed by atoms with E-state index >= 15 is 0 Å². The summed E-state index contributed by atoms with van der Waals surface area (Å²) in [6, 6.07) is 17.7. The number of halogens is 1. The third-order valence-electron chi connectivity index (χ3n) is 5.47. The SMILES string of the molecule is Cc1cc(O)c(C2=NN(c3ccc(S(N)(=O)=O)cc3)C(c3ccccc3)C2)c(C)c1Cl. The Morgan fingerprint density at radius 1 is 1.10 bits per heavy atom. The smallest absolute Gasteiger partial charge is 0.238 e. The lowest BCUT2D eigenvalue weighted by Gasteiger charge is -2.24. The standard InChI is InChI=1S/C23H22ClN3O3S/c1-14-12-21(28)22(15(2)23(14)24)19-13-20(16-6-4-3-5-7-16)27(26-19)17-8-10-18(11-9-17)31(25,29)30/h3-12,20,28H,13H2,1-2H3,(H2,25,29,30). The summed E-state index contributed by atoms with van der Waals surface area (Å²) in [6.45, 7) is 3.72. The van der Waals surface area contributed by atoms with Crippen LogP contribution < -0.4 is 10.1 Å². The maximum Gasteiger partial charge on any atom is 0.238 e. The van der Waals surface area contributed by atoms with Crippen LogP contribution in [0.1, 0.15) is 34.7 Å². The third kappa shape index (κ3) is 4.04. The molecule has 0 radical (unpaired) electrons. The van der Waals surface area contributed by atoms with E-state index in [-0.39, 0.29) is 16.7 Å². The number of benzene rings is 3. The highest BCUT2D eigenvalue weighted by Crippen LogP contribution is 2.40. The second-order valence-electron chi connectivity index (χ2n) is 7.59. The summed E-state index contributed by atoms with van der Waals surface area (Å²) in [4.78, 5) is 0.0368. The molecule has 3 aromatic rings. The Morgan fingerprint density at radius 2 is 1.74 bits per heavy atom. The minimum absolute atomic E-state index is 0.0368. The van der Waals surface area contributed by atoms with Crippen molar-refractivity contribution in [2.45, 2.75) is 31.2 Å². The van der Waals surface area contributed by atoms with Crippen LogP contribution in [0, 0.1) is 13.8 Å². The Morgan fingerprint density at radius 3 is 2.35 bits per heavy atom. The molecular formula is C23H22ClN3O3S. The molecule has 0 aliphatic carbocycles. The van der Waals surface area contributed by atoms with Crippen LogP contribution in [0.3, 0.4) is 0 Å². The maximum atomic E-state index is 11.6. The van der Waals surface area contributed by atoms with Gasteiger partial charge in [-0.15, -0.1) is 0 Å². The summed E-state index contributed by atoms with van der Waals surface area (Å²) in [5, 5.41) is 23.1. The molecule has 0 spiro atoms. The number of hydrazone groups is 1. The fourth-order valence-corrected chi connectivity index (χ4v) is 4.59. The largest absolute Gasteiger partial charge is 0.507 e. The number of hydrogen-bond acceptors (Lipinski definition) is 5. The van der Waals surface area contributed by atoms with Crippen LogP contribution in [-0.2, 0) is 10.0 Å². The lowest BCUT2D eigenvalue weighted by atomic mass is 9.94. The van der Waals surface area contributed by atoms with Crippen molar-refractivity contribution in [2.24, 2.45) is 10.2 Å². The first-order valence-corrected chi connectivity index (χ1v) is 11.6. The zero-order chi connectivity index (χ0) is 22.3. The predicted molar refractivity (Wildman–Crippen MR) is 123 cm³/mol. The molecule has 8 heteroatoms. The Balaban J connectivity index is 1.82.